The SMILES string of the molecule is CC(C)(C)OC(=O)NCCOCCn1cc(B2OC(C)(C)C(C)(C)O2)cn1. The molecular formula is C18H32BN3O5. The lowest BCUT2D eigenvalue weighted by molar-refractivity contribution is 0.00578. The van der Waals surface area contributed by atoms with Gasteiger partial charge in [0.15, 0.2) is 0 Å². The van der Waals surface area contributed by atoms with E-state index in [1.807, 2.05) is 54.7 Å². The van der Waals surface area contributed by atoms with E-state index in [0.29, 0.717) is 26.3 Å². The molecule has 27 heavy (non-hydrogen) atoms. The summed E-state index contributed by atoms with van der Waals surface area (Å²) in [6, 6.07) is 0. The van der Waals surface area contributed by atoms with E-state index < -0.39 is 18.8 Å². The lowest BCUT2D eigenvalue weighted by Gasteiger charge is -2.32. The van der Waals surface area contributed by atoms with E-state index in [1.54, 1.807) is 10.9 Å². The normalized spacial score (nSPS) is 18.6. The molecule has 1 aliphatic heterocycles. The molecule has 1 N–H and O–H groups in total. The number of hydrogen-bond donors (Lipinski definition) is 1. The van der Waals surface area contributed by atoms with E-state index in [2.05, 4.69) is 10.4 Å². The summed E-state index contributed by atoms with van der Waals surface area (Å²) in [6.45, 7) is 15.5. The number of nitrogens with zero attached hydrogens (tertiary/aromatic N) is 2. The maximum absolute atomic E-state index is 11.5. The molecule has 9 heteroatoms. The predicted molar refractivity (Wildman–Crippen MR) is 103 cm³/mol. The van der Waals surface area contributed by atoms with Gasteiger partial charge in [-0.25, -0.2) is 4.79 Å². The van der Waals surface area contributed by atoms with Gasteiger partial charge in [0.1, 0.15) is 5.60 Å². The molecule has 0 bridgehead atoms. The van der Waals surface area contributed by atoms with Gasteiger partial charge < -0.3 is 24.1 Å². The summed E-state index contributed by atoms with van der Waals surface area (Å²) in [6.07, 6.45) is 3.22. The molecule has 0 aromatic carbocycles. The average molecular weight is 381 g/mol. The fraction of sp³-hybridized carbons (Fsp3) is 0.778. The topological polar surface area (TPSA) is 83.8 Å². The van der Waals surface area contributed by atoms with Crippen molar-refractivity contribution in [2.24, 2.45) is 0 Å². The van der Waals surface area contributed by atoms with E-state index in [-0.39, 0.29) is 11.2 Å². The summed E-state index contributed by atoms with van der Waals surface area (Å²) in [7, 11) is -0.414. The van der Waals surface area contributed by atoms with Crippen molar-refractivity contribution < 1.29 is 23.6 Å². The first-order valence-corrected chi connectivity index (χ1v) is 9.32. The van der Waals surface area contributed by atoms with Gasteiger partial charge in [-0.1, -0.05) is 0 Å². The Hall–Kier alpha value is -1.58. The van der Waals surface area contributed by atoms with Crippen LogP contribution in [0.2, 0.25) is 0 Å². The molecule has 1 aromatic heterocycles. The van der Waals surface area contributed by atoms with Crippen molar-refractivity contribution in [3.8, 4) is 0 Å². The standard InChI is InChI=1S/C18H32BN3O5/c1-16(2,3)25-15(23)20-8-10-24-11-9-22-13-14(12-21-22)19-26-17(4,5)18(6,7)27-19/h12-13H,8-11H2,1-7H3,(H,20,23). The summed E-state index contributed by atoms with van der Waals surface area (Å²) < 4.78 is 24.5. The molecule has 1 aliphatic rings. The fourth-order valence-electron chi connectivity index (χ4n) is 2.40. The van der Waals surface area contributed by atoms with Gasteiger partial charge >= 0.3 is 13.2 Å². The molecule has 1 aromatic rings. The molecule has 8 nitrogen and oxygen atoms in total. The van der Waals surface area contributed by atoms with E-state index in [0.717, 1.165) is 5.46 Å². The van der Waals surface area contributed by atoms with Crippen molar-refractivity contribution in [3.05, 3.63) is 12.4 Å². The quantitative estimate of drug-likeness (QED) is 0.572. The Kier molecular flexibility index (Phi) is 6.60. The first-order valence-electron chi connectivity index (χ1n) is 9.32. The molecule has 1 fully saturated rings. The van der Waals surface area contributed by atoms with Crippen LogP contribution in [0, 0.1) is 0 Å². The van der Waals surface area contributed by atoms with Crippen molar-refractivity contribution >= 4 is 18.7 Å². The number of amides is 1. The van der Waals surface area contributed by atoms with E-state index >= 15 is 0 Å². The van der Waals surface area contributed by atoms with Crippen LogP contribution in [0.1, 0.15) is 48.5 Å². The first kappa shape index (κ1) is 21.7. The van der Waals surface area contributed by atoms with Gasteiger partial charge in [0.25, 0.3) is 0 Å². The minimum Gasteiger partial charge on any atom is -0.444 e. The lowest BCUT2D eigenvalue weighted by Crippen LogP contribution is -2.41. The lowest BCUT2D eigenvalue weighted by atomic mass is 9.82. The molecule has 2 rings (SSSR count). The molecule has 0 unspecified atom stereocenters. The minimum absolute atomic E-state index is 0.371. The Morgan fingerprint density at radius 1 is 1.22 bits per heavy atom. The molecule has 0 atom stereocenters. The van der Waals surface area contributed by atoms with Gasteiger partial charge in [-0.05, 0) is 48.5 Å². The average Bonchev–Trinajstić information content (AvgIpc) is 3.04. The van der Waals surface area contributed by atoms with Crippen LogP contribution >= 0.6 is 0 Å². The number of rotatable bonds is 7. The highest BCUT2D eigenvalue weighted by Gasteiger charge is 2.52. The molecule has 0 aliphatic carbocycles. The van der Waals surface area contributed by atoms with Crippen LogP contribution in [0.4, 0.5) is 4.79 Å². The highest BCUT2D eigenvalue weighted by molar-refractivity contribution is 6.61. The van der Waals surface area contributed by atoms with Gasteiger partial charge in [-0.2, -0.15) is 5.10 Å². The highest BCUT2D eigenvalue weighted by atomic mass is 16.7. The summed E-state index contributed by atoms with van der Waals surface area (Å²) >= 11 is 0. The van der Waals surface area contributed by atoms with Gasteiger partial charge in [0.05, 0.1) is 31.0 Å². The molecule has 0 spiro atoms. The molecule has 2 heterocycles. The number of carbonyl (C=O) groups excluding carboxylic acids is 1. The second-order valence-corrected chi connectivity index (χ2v) is 8.67. The van der Waals surface area contributed by atoms with Crippen molar-refractivity contribution in [3.63, 3.8) is 0 Å². The Morgan fingerprint density at radius 2 is 1.85 bits per heavy atom. The van der Waals surface area contributed by atoms with Crippen LogP contribution in [0.5, 0.6) is 0 Å². The second kappa shape index (κ2) is 8.20. The molecule has 1 saturated heterocycles. The number of aromatic nitrogens is 2. The molecular weight excluding hydrogens is 349 g/mol. The van der Waals surface area contributed by atoms with Crippen molar-refractivity contribution in [1.82, 2.24) is 15.1 Å². The van der Waals surface area contributed by atoms with Crippen LogP contribution in [0.25, 0.3) is 0 Å². The number of alkyl carbamates (subject to hydrolysis) is 1. The number of hydrogen-bond acceptors (Lipinski definition) is 6. The Labute approximate surface area is 162 Å². The molecule has 152 valence electrons. The number of ether oxygens (including phenoxy) is 2. The van der Waals surface area contributed by atoms with Gasteiger partial charge in [0, 0.05) is 24.4 Å². The van der Waals surface area contributed by atoms with Crippen molar-refractivity contribution in [2.45, 2.75) is 71.8 Å². The summed E-state index contributed by atoms with van der Waals surface area (Å²) in [4.78, 5) is 11.5. The van der Waals surface area contributed by atoms with Crippen molar-refractivity contribution in [2.75, 3.05) is 19.8 Å². The molecule has 1 amide bonds. The summed E-state index contributed by atoms with van der Waals surface area (Å²) in [5.41, 5.74) is -0.353. The third-order valence-electron chi connectivity index (χ3n) is 4.56. The third kappa shape index (κ3) is 6.22. The van der Waals surface area contributed by atoms with Crippen LogP contribution in [-0.2, 0) is 25.3 Å². The largest absolute Gasteiger partial charge is 0.498 e. The third-order valence-corrected chi connectivity index (χ3v) is 4.56. The summed E-state index contributed by atoms with van der Waals surface area (Å²) in [5.74, 6) is 0. The van der Waals surface area contributed by atoms with Crippen LogP contribution in [-0.4, -0.2) is 59.6 Å². The van der Waals surface area contributed by atoms with E-state index in [9.17, 15) is 4.79 Å². The zero-order chi connectivity index (χ0) is 20.3. The Balaban J connectivity index is 1.67. The second-order valence-electron chi connectivity index (χ2n) is 8.67. The van der Waals surface area contributed by atoms with Gasteiger partial charge in [-0.3, -0.25) is 4.68 Å². The maximum Gasteiger partial charge on any atom is 0.498 e. The Morgan fingerprint density at radius 3 is 2.44 bits per heavy atom. The minimum atomic E-state index is -0.500. The molecule has 0 saturated carbocycles. The summed E-state index contributed by atoms with van der Waals surface area (Å²) in [5, 5.41) is 6.98. The fourth-order valence-corrected chi connectivity index (χ4v) is 2.40. The molecule has 0 radical (unpaired) electrons. The Bertz CT molecular complexity index is 623. The van der Waals surface area contributed by atoms with Gasteiger partial charge in [0.2, 0.25) is 0 Å². The number of nitrogens with one attached hydrogen (secondary N) is 1. The highest BCUT2D eigenvalue weighted by Crippen LogP contribution is 2.36. The smallest absolute Gasteiger partial charge is 0.444 e. The van der Waals surface area contributed by atoms with Crippen LogP contribution in [0.3, 0.4) is 0 Å². The number of carbonyl (C=O) groups is 1. The van der Waals surface area contributed by atoms with Crippen LogP contribution in [0.15, 0.2) is 12.4 Å². The van der Waals surface area contributed by atoms with E-state index in [1.165, 1.54) is 0 Å². The predicted octanol–water partition coefficient (Wildman–Crippen LogP) is 1.72. The van der Waals surface area contributed by atoms with Crippen LogP contribution < -0.4 is 10.8 Å². The van der Waals surface area contributed by atoms with E-state index in [4.69, 9.17) is 18.8 Å². The van der Waals surface area contributed by atoms with Gasteiger partial charge in [-0.15, -0.1) is 0 Å². The maximum atomic E-state index is 11.5. The zero-order valence-electron chi connectivity index (χ0n) is 17.5. The monoisotopic (exact) mass is 381 g/mol. The first-order chi connectivity index (χ1) is 12.4. The zero-order valence-corrected chi connectivity index (χ0v) is 17.5. The van der Waals surface area contributed by atoms with Crippen molar-refractivity contribution in [1.29, 1.82) is 0 Å².